The molecule has 0 amide bonds. The number of rotatable bonds is 4. The van der Waals surface area contributed by atoms with Gasteiger partial charge in [-0.25, -0.2) is 5.01 Å². The van der Waals surface area contributed by atoms with E-state index in [1.165, 1.54) is 0 Å². The zero-order valence-corrected chi connectivity index (χ0v) is 8.13. The zero-order valence-electron chi connectivity index (χ0n) is 8.13. The topological polar surface area (TPSA) is 41.3 Å². The van der Waals surface area contributed by atoms with Crippen LogP contribution in [0.1, 0.15) is 12.8 Å². The molecule has 0 aromatic rings. The van der Waals surface area contributed by atoms with Crippen LogP contribution in [0.25, 0.3) is 0 Å². The van der Waals surface area contributed by atoms with Crippen LogP contribution in [0.4, 0.5) is 0 Å². The summed E-state index contributed by atoms with van der Waals surface area (Å²) in [6.07, 6.45) is 5.66. The van der Waals surface area contributed by atoms with Crippen molar-refractivity contribution in [2.45, 2.75) is 18.4 Å². The number of nitrogens with two attached hydrogens (primary N) is 1. The van der Waals surface area contributed by atoms with Crippen LogP contribution in [0.15, 0.2) is 25.3 Å². The van der Waals surface area contributed by atoms with Gasteiger partial charge < -0.3 is 5.32 Å². The van der Waals surface area contributed by atoms with E-state index >= 15 is 0 Å². The molecule has 13 heavy (non-hydrogen) atoms. The smallest absolute Gasteiger partial charge is 0.0544 e. The normalized spacial score (nSPS) is 22.5. The van der Waals surface area contributed by atoms with Crippen molar-refractivity contribution >= 4 is 0 Å². The molecular formula is C10H19N3. The van der Waals surface area contributed by atoms with E-state index in [4.69, 9.17) is 5.84 Å². The Morgan fingerprint density at radius 2 is 2.00 bits per heavy atom. The first-order valence-corrected chi connectivity index (χ1v) is 4.70. The SMILES string of the molecule is C=CCC1(CC=C)CNCCN1N. The van der Waals surface area contributed by atoms with Crippen LogP contribution in [-0.2, 0) is 0 Å². The number of nitrogens with zero attached hydrogens (tertiary/aromatic N) is 1. The fraction of sp³-hybridized carbons (Fsp3) is 0.600. The quantitative estimate of drug-likeness (QED) is 0.494. The summed E-state index contributed by atoms with van der Waals surface area (Å²) in [5.41, 5.74) is 0.00174. The molecule has 3 N–H and O–H groups in total. The third kappa shape index (κ3) is 2.18. The van der Waals surface area contributed by atoms with Gasteiger partial charge in [0.05, 0.1) is 5.54 Å². The zero-order chi connectivity index (χ0) is 9.73. The first kappa shape index (κ1) is 10.4. The third-order valence-corrected chi connectivity index (χ3v) is 2.64. The van der Waals surface area contributed by atoms with E-state index in [1.54, 1.807) is 0 Å². The van der Waals surface area contributed by atoms with Crippen molar-refractivity contribution in [2.75, 3.05) is 19.6 Å². The molecule has 0 radical (unpaired) electrons. The lowest BCUT2D eigenvalue weighted by molar-refractivity contribution is 0.0639. The Morgan fingerprint density at radius 1 is 1.38 bits per heavy atom. The van der Waals surface area contributed by atoms with Gasteiger partial charge in [-0.2, -0.15) is 0 Å². The molecule has 0 bridgehead atoms. The van der Waals surface area contributed by atoms with Gasteiger partial charge in [-0.3, -0.25) is 5.84 Å². The summed E-state index contributed by atoms with van der Waals surface area (Å²) in [7, 11) is 0. The lowest BCUT2D eigenvalue weighted by atomic mass is 9.88. The lowest BCUT2D eigenvalue weighted by Crippen LogP contribution is -2.63. The average Bonchev–Trinajstić information content (AvgIpc) is 2.11. The summed E-state index contributed by atoms with van der Waals surface area (Å²) in [6, 6.07) is 0. The maximum Gasteiger partial charge on any atom is 0.0544 e. The van der Waals surface area contributed by atoms with Crippen LogP contribution in [0.2, 0.25) is 0 Å². The lowest BCUT2D eigenvalue weighted by Gasteiger charge is -2.44. The highest BCUT2D eigenvalue weighted by Crippen LogP contribution is 2.23. The van der Waals surface area contributed by atoms with Crippen molar-refractivity contribution in [3.05, 3.63) is 25.3 Å². The van der Waals surface area contributed by atoms with Gasteiger partial charge in [-0.1, -0.05) is 12.2 Å². The second kappa shape index (κ2) is 4.56. The summed E-state index contributed by atoms with van der Waals surface area (Å²) in [5, 5.41) is 5.28. The molecule has 1 aliphatic rings. The molecular weight excluding hydrogens is 162 g/mol. The van der Waals surface area contributed by atoms with Gasteiger partial charge in [0.15, 0.2) is 0 Å². The standard InChI is InChI=1S/C10H19N3/c1-3-5-10(6-4-2)9-12-7-8-13(10)11/h3-4,12H,1-2,5-9,11H2. The maximum atomic E-state index is 5.98. The van der Waals surface area contributed by atoms with Crippen LogP contribution in [-0.4, -0.2) is 30.2 Å². The summed E-state index contributed by atoms with van der Waals surface area (Å²) in [4.78, 5) is 0. The van der Waals surface area contributed by atoms with E-state index in [-0.39, 0.29) is 5.54 Å². The van der Waals surface area contributed by atoms with E-state index in [1.807, 2.05) is 17.2 Å². The van der Waals surface area contributed by atoms with Crippen molar-refractivity contribution in [3.63, 3.8) is 0 Å². The predicted octanol–water partition coefficient (Wildman–Crippen LogP) is 0.656. The third-order valence-electron chi connectivity index (χ3n) is 2.64. The monoisotopic (exact) mass is 181 g/mol. The molecule has 3 heteroatoms. The van der Waals surface area contributed by atoms with Crippen LogP contribution in [0.5, 0.6) is 0 Å². The van der Waals surface area contributed by atoms with Gasteiger partial charge in [0.25, 0.3) is 0 Å². The highest BCUT2D eigenvalue weighted by atomic mass is 15.5. The molecule has 74 valence electrons. The van der Waals surface area contributed by atoms with Crippen molar-refractivity contribution in [1.82, 2.24) is 10.3 Å². The van der Waals surface area contributed by atoms with Gasteiger partial charge in [0, 0.05) is 19.6 Å². The molecule has 0 aromatic heterocycles. The molecule has 1 aliphatic heterocycles. The van der Waals surface area contributed by atoms with Gasteiger partial charge in [-0.15, -0.1) is 13.2 Å². The summed E-state index contributed by atoms with van der Waals surface area (Å²) < 4.78 is 0. The van der Waals surface area contributed by atoms with E-state index < -0.39 is 0 Å². The second-order valence-corrected chi connectivity index (χ2v) is 3.58. The van der Waals surface area contributed by atoms with Crippen molar-refractivity contribution < 1.29 is 0 Å². The second-order valence-electron chi connectivity index (χ2n) is 3.58. The minimum Gasteiger partial charge on any atom is -0.313 e. The number of piperazine rings is 1. The molecule has 0 saturated carbocycles. The molecule has 0 aromatic carbocycles. The molecule has 1 heterocycles. The fourth-order valence-corrected chi connectivity index (χ4v) is 1.86. The molecule has 0 unspecified atom stereocenters. The molecule has 1 rings (SSSR count). The molecule has 1 fully saturated rings. The van der Waals surface area contributed by atoms with Crippen LogP contribution < -0.4 is 11.2 Å². The van der Waals surface area contributed by atoms with Gasteiger partial charge in [0.2, 0.25) is 0 Å². The Bertz CT molecular complexity index is 179. The molecule has 0 spiro atoms. The van der Waals surface area contributed by atoms with Crippen LogP contribution in [0, 0.1) is 0 Å². The molecule has 0 atom stereocenters. The molecule has 3 nitrogen and oxygen atoms in total. The highest BCUT2D eigenvalue weighted by molar-refractivity contribution is 5.01. The van der Waals surface area contributed by atoms with Crippen LogP contribution >= 0.6 is 0 Å². The highest BCUT2D eigenvalue weighted by Gasteiger charge is 2.34. The van der Waals surface area contributed by atoms with Crippen molar-refractivity contribution in [2.24, 2.45) is 5.84 Å². The number of hydrogen-bond acceptors (Lipinski definition) is 3. The largest absolute Gasteiger partial charge is 0.313 e. The van der Waals surface area contributed by atoms with E-state index in [2.05, 4.69) is 18.5 Å². The Labute approximate surface area is 80.3 Å². The van der Waals surface area contributed by atoms with Crippen molar-refractivity contribution in [1.29, 1.82) is 0 Å². The number of nitrogens with one attached hydrogen (secondary N) is 1. The Hall–Kier alpha value is -0.640. The minimum absolute atomic E-state index is 0.00174. The first-order chi connectivity index (χ1) is 6.25. The summed E-state index contributed by atoms with van der Waals surface area (Å²) in [5.74, 6) is 5.98. The van der Waals surface area contributed by atoms with Crippen LogP contribution in [0.3, 0.4) is 0 Å². The van der Waals surface area contributed by atoms with Gasteiger partial charge in [0.1, 0.15) is 0 Å². The average molecular weight is 181 g/mol. The van der Waals surface area contributed by atoms with Gasteiger partial charge in [-0.05, 0) is 12.8 Å². The maximum absolute atomic E-state index is 5.98. The molecule has 0 aliphatic carbocycles. The first-order valence-electron chi connectivity index (χ1n) is 4.70. The number of hydrogen-bond donors (Lipinski definition) is 2. The predicted molar refractivity (Wildman–Crippen MR) is 56.1 cm³/mol. The van der Waals surface area contributed by atoms with Crippen molar-refractivity contribution in [3.8, 4) is 0 Å². The minimum atomic E-state index is 0.00174. The Balaban J connectivity index is 2.71. The van der Waals surface area contributed by atoms with Gasteiger partial charge >= 0.3 is 0 Å². The van der Waals surface area contributed by atoms with E-state index in [0.717, 1.165) is 32.5 Å². The number of hydrazine groups is 1. The Kier molecular flexibility index (Phi) is 3.66. The summed E-state index contributed by atoms with van der Waals surface area (Å²) in [6.45, 7) is 10.3. The van der Waals surface area contributed by atoms with E-state index in [0.29, 0.717) is 0 Å². The van der Waals surface area contributed by atoms with E-state index in [9.17, 15) is 0 Å². The summed E-state index contributed by atoms with van der Waals surface area (Å²) >= 11 is 0. The Morgan fingerprint density at radius 3 is 2.46 bits per heavy atom. The fourth-order valence-electron chi connectivity index (χ4n) is 1.86. The molecule has 1 saturated heterocycles.